The first-order valence-corrected chi connectivity index (χ1v) is 12.1. The normalized spacial score (nSPS) is 20.9. The molecule has 2 aromatic heterocycles. The van der Waals surface area contributed by atoms with Crippen LogP contribution in [0.15, 0.2) is 72.0 Å². The standard InChI is InChI=1S/C26H27N7O6/c1-31(2)14-28-22-19-23(32(15-27-19)24-21(36)20(35)18(13-34)38-24)30-25(29-22)39-26(37)33(16-9-5-3-6-10-16)17-11-7-4-8-12-17/h3-12,14-15,18,20-21,24,34-36H,13H2,1-2H3/b28-14+/t18-,20?,21+,24-/m1/s1. The number of rotatable bonds is 7. The van der Waals surface area contributed by atoms with Gasteiger partial charge in [0.1, 0.15) is 18.3 Å². The minimum absolute atomic E-state index is 0.105. The molecular formula is C26H27N7O6. The van der Waals surface area contributed by atoms with Crippen molar-refractivity contribution >= 4 is 40.8 Å². The molecule has 13 nitrogen and oxygen atoms in total. The van der Waals surface area contributed by atoms with Crippen LogP contribution in [0, 0.1) is 0 Å². The average Bonchev–Trinajstić information content (AvgIpc) is 3.48. The molecule has 1 aliphatic rings. The van der Waals surface area contributed by atoms with Crippen LogP contribution in [0.3, 0.4) is 0 Å². The third kappa shape index (κ3) is 5.28. The van der Waals surface area contributed by atoms with Crippen LogP contribution in [0.1, 0.15) is 6.23 Å². The summed E-state index contributed by atoms with van der Waals surface area (Å²) in [6.07, 6.45) is -2.74. The zero-order valence-corrected chi connectivity index (χ0v) is 21.1. The number of aliphatic hydroxyl groups excluding tert-OH is 3. The third-order valence-electron chi connectivity index (χ3n) is 5.97. The fourth-order valence-electron chi connectivity index (χ4n) is 4.12. The molecule has 1 fully saturated rings. The van der Waals surface area contributed by atoms with Crippen LogP contribution in [0.25, 0.3) is 11.2 Å². The second-order valence-corrected chi connectivity index (χ2v) is 8.97. The second kappa shape index (κ2) is 11.1. The molecule has 3 heterocycles. The van der Waals surface area contributed by atoms with Gasteiger partial charge in [-0.2, -0.15) is 9.97 Å². The van der Waals surface area contributed by atoms with Crippen molar-refractivity contribution in [3.05, 3.63) is 67.0 Å². The van der Waals surface area contributed by atoms with E-state index in [1.165, 1.54) is 22.1 Å². The molecule has 1 amide bonds. The van der Waals surface area contributed by atoms with E-state index in [9.17, 15) is 20.1 Å². The van der Waals surface area contributed by atoms with Crippen LogP contribution in [-0.4, -0.2) is 91.2 Å². The molecule has 13 heteroatoms. The van der Waals surface area contributed by atoms with E-state index >= 15 is 0 Å². The third-order valence-corrected chi connectivity index (χ3v) is 5.97. The average molecular weight is 534 g/mol. The molecule has 1 aliphatic heterocycles. The van der Waals surface area contributed by atoms with E-state index in [1.807, 2.05) is 12.1 Å². The van der Waals surface area contributed by atoms with Crippen molar-refractivity contribution in [3.8, 4) is 6.01 Å². The summed E-state index contributed by atoms with van der Waals surface area (Å²) in [4.78, 5) is 33.9. The van der Waals surface area contributed by atoms with Gasteiger partial charge in [0.05, 0.1) is 30.6 Å². The van der Waals surface area contributed by atoms with Crippen molar-refractivity contribution < 1.29 is 29.6 Å². The van der Waals surface area contributed by atoms with E-state index in [4.69, 9.17) is 9.47 Å². The second-order valence-electron chi connectivity index (χ2n) is 8.97. The Morgan fingerprint density at radius 3 is 2.26 bits per heavy atom. The number of anilines is 2. The SMILES string of the molecule is CN(C)/C=N/c1nc(OC(=O)N(c2ccccc2)c2ccccc2)nc2c1ncn2[C@@H]1O[C@H](CO)C(O)[C@@H]1O. The first-order valence-electron chi connectivity index (χ1n) is 12.1. The number of carbonyl (C=O) groups is 1. The number of hydrogen-bond donors (Lipinski definition) is 3. The van der Waals surface area contributed by atoms with Crippen LogP contribution in [0.2, 0.25) is 0 Å². The summed E-state index contributed by atoms with van der Waals surface area (Å²) in [7, 11) is 3.55. The highest BCUT2D eigenvalue weighted by molar-refractivity contribution is 5.97. The van der Waals surface area contributed by atoms with Crippen molar-refractivity contribution in [1.29, 1.82) is 0 Å². The Labute approximate surface area is 223 Å². The number of amides is 1. The van der Waals surface area contributed by atoms with Gasteiger partial charge < -0.3 is 29.7 Å². The zero-order chi connectivity index (χ0) is 27.5. The van der Waals surface area contributed by atoms with Crippen LogP contribution in [0.4, 0.5) is 22.0 Å². The molecule has 5 rings (SSSR count). The highest BCUT2D eigenvalue weighted by atomic mass is 16.6. The van der Waals surface area contributed by atoms with Gasteiger partial charge in [-0.1, -0.05) is 36.4 Å². The van der Waals surface area contributed by atoms with Crippen LogP contribution < -0.4 is 9.64 Å². The maximum absolute atomic E-state index is 13.5. The lowest BCUT2D eigenvalue weighted by Crippen LogP contribution is -2.33. The number of carbonyl (C=O) groups excluding carboxylic acids is 1. The number of aliphatic imine (C=N–C) groups is 1. The number of para-hydroxylation sites is 2. The summed E-state index contributed by atoms with van der Waals surface area (Å²) in [5.41, 5.74) is 1.52. The summed E-state index contributed by atoms with van der Waals surface area (Å²) in [6.45, 7) is -0.494. The van der Waals surface area contributed by atoms with E-state index < -0.39 is 37.2 Å². The minimum Gasteiger partial charge on any atom is -0.394 e. The Hall–Kier alpha value is -4.43. The monoisotopic (exact) mass is 533 g/mol. The summed E-state index contributed by atoms with van der Waals surface area (Å²) in [6, 6.07) is 17.6. The molecule has 0 radical (unpaired) electrons. The number of imidazole rings is 1. The van der Waals surface area contributed by atoms with E-state index in [1.54, 1.807) is 67.5 Å². The number of ether oxygens (including phenoxy) is 2. The predicted octanol–water partition coefficient (Wildman–Crippen LogP) is 2.00. The van der Waals surface area contributed by atoms with Crippen LogP contribution in [-0.2, 0) is 4.74 Å². The van der Waals surface area contributed by atoms with Gasteiger partial charge in [0.2, 0.25) is 0 Å². The topological polar surface area (TPSA) is 159 Å². The molecule has 0 bridgehead atoms. The van der Waals surface area contributed by atoms with Crippen molar-refractivity contribution in [2.45, 2.75) is 24.5 Å². The van der Waals surface area contributed by atoms with Gasteiger partial charge in [-0.25, -0.2) is 19.7 Å². The summed E-state index contributed by atoms with van der Waals surface area (Å²) in [5.74, 6) is 0.105. The summed E-state index contributed by atoms with van der Waals surface area (Å²) < 4.78 is 12.7. The molecule has 0 spiro atoms. The van der Waals surface area contributed by atoms with E-state index in [0.717, 1.165) is 0 Å². The highest BCUT2D eigenvalue weighted by Gasteiger charge is 2.44. The number of fused-ring (bicyclic) bond motifs is 1. The molecule has 4 atom stereocenters. The van der Waals surface area contributed by atoms with Gasteiger partial charge in [0, 0.05) is 14.1 Å². The number of hydrogen-bond acceptors (Lipinski definition) is 10. The first-order chi connectivity index (χ1) is 18.9. The summed E-state index contributed by atoms with van der Waals surface area (Å²) >= 11 is 0. The highest BCUT2D eigenvalue weighted by Crippen LogP contribution is 2.34. The van der Waals surface area contributed by atoms with E-state index in [0.29, 0.717) is 11.4 Å². The predicted molar refractivity (Wildman–Crippen MR) is 141 cm³/mol. The van der Waals surface area contributed by atoms with E-state index in [-0.39, 0.29) is 23.0 Å². The lowest BCUT2D eigenvalue weighted by atomic mass is 10.1. The van der Waals surface area contributed by atoms with Gasteiger partial charge in [-0.3, -0.25) is 4.57 Å². The quantitative estimate of drug-likeness (QED) is 0.237. The van der Waals surface area contributed by atoms with Gasteiger partial charge >= 0.3 is 12.1 Å². The maximum atomic E-state index is 13.5. The Morgan fingerprint density at radius 2 is 1.69 bits per heavy atom. The smallest absolute Gasteiger partial charge is 0.394 e. The molecule has 1 unspecified atom stereocenters. The van der Waals surface area contributed by atoms with Gasteiger partial charge in [-0.05, 0) is 24.3 Å². The molecule has 0 saturated carbocycles. The number of benzene rings is 2. The van der Waals surface area contributed by atoms with Gasteiger partial charge in [0.25, 0.3) is 0 Å². The Bertz CT molecular complexity index is 1420. The van der Waals surface area contributed by atoms with E-state index in [2.05, 4.69) is 19.9 Å². The molecule has 2 aromatic carbocycles. The largest absolute Gasteiger partial charge is 0.426 e. The zero-order valence-electron chi connectivity index (χ0n) is 21.1. The van der Waals surface area contributed by atoms with Crippen molar-refractivity contribution in [1.82, 2.24) is 24.4 Å². The fourth-order valence-corrected chi connectivity index (χ4v) is 4.12. The van der Waals surface area contributed by atoms with Crippen molar-refractivity contribution in [3.63, 3.8) is 0 Å². The summed E-state index contributed by atoms with van der Waals surface area (Å²) in [5, 5.41) is 30.3. The lowest BCUT2D eigenvalue weighted by molar-refractivity contribution is -0.0511. The Kier molecular flexibility index (Phi) is 7.47. The number of aromatic nitrogens is 4. The fraction of sp³-hybridized carbons (Fsp3) is 0.269. The van der Waals surface area contributed by atoms with Crippen LogP contribution in [0.5, 0.6) is 6.01 Å². The van der Waals surface area contributed by atoms with Crippen molar-refractivity contribution in [2.24, 2.45) is 4.99 Å². The molecule has 1 saturated heterocycles. The molecule has 0 aliphatic carbocycles. The Morgan fingerprint density at radius 1 is 1.05 bits per heavy atom. The lowest BCUT2D eigenvalue weighted by Gasteiger charge is -2.21. The van der Waals surface area contributed by atoms with Crippen LogP contribution >= 0.6 is 0 Å². The van der Waals surface area contributed by atoms with Crippen molar-refractivity contribution in [2.75, 3.05) is 25.6 Å². The minimum atomic E-state index is -1.37. The molecule has 39 heavy (non-hydrogen) atoms. The maximum Gasteiger partial charge on any atom is 0.426 e. The van der Waals surface area contributed by atoms with Gasteiger partial charge in [-0.15, -0.1) is 0 Å². The Balaban J connectivity index is 1.56. The number of aliphatic hydroxyl groups is 3. The molecule has 3 N–H and O–H groups in total. The molecule has 202 valence electrons. The first kappa shape index (κ1) is 26.2. The number of nitrogens with zero attached hydrogens (tertiary/aromatic N) is 7. The van der Waals surface area contributed by atoms with Gasteiger partial charge in [0.15, 0.2) is 23.2 Å². The molecular weight excluding hydrogens is 506 g/mol. The molecule has 4 aromatic rings.